The van der Waals surface area contributed by atoms with Crippen LogP contribution in [0.2, 0.25) is 0 Å². The number of aromatic amines is 1. The zero-order valence-electron chi connectivity index (χ0n) is 10.5. The summed E-state index contributed by atoms with van der Waals surface area (Å²) >= 11 is 0. The molecule has 104 valence electrons. The predicted octanol–water partition coefficient (Wildman–Crippen LogP) is 1.51. The average molecular weight is 275 g/mol. The quantitative estimate of drug-likeness (QED) is 0.783. The maximum Gasteiger partial charge on any atom is 0.353 e. The van der Waals surface area contributed by atoms with Crippen LogP contribution in [0.5, 0.6) is 0 Å². The van der Waals surface area contributed by atoms with E-state index in [0.29, 0.717) is 11.4 Å². The highest BCUT2D eigenvalue weighted by Gasteiger charge is 2.43. The van der Waals surface area contributed by atoms with E-state index in [2.05, 4.69) is 15.3 Å². The number of carboxylic acid groups (broad SMARTS) is 1. The van der Waals surface area contributed by atoms with Gasteiger partial charge in [0.1, 0.15) is 17.8 Å². The molecule has 20 heavy (non-hydrogen) atoms. The van der Waals surface area contributed by atoms with Crippen LogP contribution < -0.4 is 5.32 Å². The fourth-order valence-corrected chi connectivity index (χ4v) is 2.31. The Labute approximate surface area is 114 Å². The molecule has 1 aliphatic rings. The van der Waals surface area contributed by atoms with Gasteiger partial charge in [0.15, 0.2) is 0 Å². The fraction of sp³-hybridized carbons (Fsp3) is 0.308. The van der Waals surface area contributed by atoms with Crippen LogP contribution in [0.25, 0.3) is 0 Å². The molecule has 0 radical (unpaired) electrons. The molecule has 0 aliphatic heterocycles. The van der Waals surface area contributed by atoms with E-state index >= 15 is 0 Å². The van der Waals surface area contributed by atoms with E-state index in [1.807, 2.05) is 0 Å². The maximum absolute atomic E-state index is 12.1. The molecule has 2 aromatic heterocycles. The minimum absolute atomic E-state index is 0.0174. The highest BCUT2D eigenvalue weighted by molar-refractivity contribution is 5.94. The number of rotatable bonds is 4. The van der Waals surface area contributed by atoms with Crippen molar-refractivity contribution >= 4 is 11.9 Å². The summed E-state index contributed by atoms with van der Waals surface area (Å²) in [6, 6.07) is 1.58. The second-order valence-electron chi connectivity index (χ2n) is 4.85. The van der Waals surface area contributed by atoms with Gasteiger partial charge < -0.3 is 19.8 Å². The molecule has 7 heteroatoms. The fourth-order valence-electron chi connectivity index (χ4n) is 2.31. The van der Waals surface area contributed by atoms with Gasteiger partial charge in [-0.3, -0.25) is 4.79 Å². The Morgan fingerprint density at radius 2 is 2.25 bits per heavy atom. The van der Waals surface area contributed by atoms with E-state index in [-0.39, 0.29) is 11.6 Å². The van der Waals surface area contributed by atoms with E-state index in [1.54, 1.807) is 6.07 Å². The van der Waals surface area contributed by atoms with Gasteiger partial charge in [-0.25, -0.2) is 9.78 Å². The van der Waals surface area contributed by atoms with Crippen LogP contribution >= 0.6 is 0 Å². The van der Waals surface area contributed by atoms with Crippen LogP contribution in [0.4, 0.5) is 0 Å². The SMILES string of the molecule is O=C(NC1(c2ncc(C(=O)O)[nH]2)CCC1)c1ccoc1. The van der Waals surface area contributed by atoms with E-state index in [1.165, 1.54) is 18.7 Å². The molecule has 2 heterocycles. The lowest BCUT2D eigenvalue weighted by atomic mass is 9.76. The first-order valence-corrected chi connectivity index (χ1v) is 6.24. The number of furan rings is 1. The highest BCUT2D eigenvalue weighted by atomic mass is 16.4. The van der Waals surface area contributed by atoms with Crippen LogP contribution in [0.3, 0.4) is 0 Å². The smallest absolute Gasteiger partial charge is 0.353 e. The first-order valence-electron chi connectivity index (χ1n) is 6.24. The van der Waals surface area contributed by atoms with E-state index in [9.17, 15) is 9.59 Å². The first kappa shape index (κ1) is 12.5. The third-order valence-electron chi connectivity index (χ3n) is 3.60. The second-order valence-corrected chi connectivity index (χ2v) is 4.85. The Balaban J connectivity index is 1.83. The Morgan fingerprint density at radius 3 is 2.75 bits per heavy atom. The number of nitrogens with zero attached hydrogens (tertiary/aromatic N) is 1. The molecule has 3 rings (SSSR count). The molecule has 0 saturated heterocycles. The summed E-state index contributed by atoms with van der Waals surface area (Å²) in [5, 5.41) is 11.8. The lowest BCUT2D eigenvalue weighted by Crippen LogP contribution is -2.51. The summed E-state index contributed by atoms with van der Waals surface area (Å²) in [6.45, 7) is 0. The number of H-pyrrole nitrogens is 1. The summed E-state index contributed by atoms with van der Waals surface area (Å²) in [4.78, 5) is 29.8. The van der Waals surface area contributed by atoms with E-state index in [4.69, 9.17) is 9.52 Å². The van der Waals surface area contributed by atoms with E-state index in [0.717, 1.165) is 19.3 Å². The van der Waals surface area contributed by atoms with Crippen molar-refractivity contribution in [1.29, 1.82) is 0 Å². The van der Waals surface area contributed by atoms with Gasteiger partial charge in [0.25, 0.3) is 5.91 Å². The van der Waals surface area contributed by atoms with E-state index < -0.39 is 11.5 Å². The van der Waals surface area contributed by atoms with Crippen LogP contribution in [-0.2, 0) is 5.54 Å². The van der Waals surface area contributed by atoms with Crippen molar-refractivity contribution in [2.24, 2.45) is 0 Å². The van der Waals surface area contributed by atoms with Gasteiger partial charge in [-0.1, -0.05) is 0 Å². The molecule has 1 fully saturated rings. The zero-order chi connectivity index (χ0) is 14.2. The summed E-state index contributed by atoms with van der Waals surface area (Å²) in [6.07, 6.45) is 6.47. The third-order valence-corrected chi connectivity index (χ3v) is 3.60. The highest BCUT2D eigenvalue weighted by Crippen LogP contribution is 2.40. The second kappa shape index (κ2) is 4.52. The predicted molar refractivity (Wildman–Crippen MR) is 67.3 cm³/mol. The van der Waals surface area contributed by atoms with Gasteiger partial charge in [-0.05, 0) is 25.3 Å². The molecule has 1 amide bonds. The zero-order valence-corrected chi connectivity index (χ0v) is 10.5. The molecule has 7 nitrogen and oxygen atoms in total. The number of aromatic carboxylic acids is 1. The van der Waals surface area contributed by atoms with Gasteiger partial charge in [0.2, 0.25) is 0 Å². The van der Waals surface area contributed by atoms with Crippen molar-refractivity contribution in [2.75, 3.05) is 0 Å². The molecule has 0 spiro atoms. The van der Waals surface area contributed by atoms with Crippen molar-refractivity contribution in [3.8, 4) is 0 Å². The van der Waals surface area contributed by atoms with Crippen LogP contribution in [0, 0.1) is 0 Å². The molecular weight excluding hydrogens is 262 g/mol. The van der Waals surface area contributed by atoms with Crippen molar-refractivity contribution in [2.45, 2.75) is 24.8 Å². The lowest BCUT2D eigenvalue weighted by molar-refractivity contribution is 0.0690. The van der Waals surface area contributed by atoms with Gasteiger partial charge in [0.05, 0.1) is 23.6 Å². The Kier molecular flexibility index (Phi) is 2.81. The van der Waals surface area contributed by atoms with Crippen molar-refractivity contribution in [1.82, 2.24) is 15.3 Å². The van der Waals surface area contributed by atoms with Crippen molar-refractivity contribution < 1.29 is 19.1 Å². The molecule has 2 aromatic rings. The Hall–Kier alpha value is -2.57. The normalized spacial score (nSPS) is 16.4. The number of aromatic nitrogens is 2. The largest absolute Gasteiger partial charge is 0.477 e. The maximum atomic E-state index is 12.1. The molecule has 0 bridgehead atoms. The van der Waals surface area contributed by atoms with Gasteiger partial charge in [-0.2, -0.15) is 0 Å². The molecule has 0 aromatic carbocycles. The van der Waals surface area contributed by atoms with Crippen LogP contribution in [0.1, 0.15) is 45.9 Å². The number of nitrogens with one attached hydrogen (secondary N) is 2. The lowest BCUT2D eigenvalue weighted by Gasteiger charge is -2.40. The summed E-state index contributed by atoms with van der Waals surface area (Å²) in [5.41, 5.74) is -0.160. The molecule has 0 unspecified atom stereocenters. The number of amides is 1. The Morgan fingerprint density at radius 1 is 1.45 bits per heavy atom. The number of carbonyl (C=O) groups is 2. The molecule has 1 aliphatic carbocycles. The van der Waals surface area contributed by atoms with Crippen LogP contribution in [0.15, 0.2) is 29.2 Å². The summed E-state index contributed by atoms with van der Waals surface area (Å²) < 4.78 is 4.88. The first-order chi connectivity index (χ1) is 9.61. The number of carbonyl (C=O) groups excluding carboxylic acids is 1. The van der Waals surface area contributed by atoms with Gasteiger partial charge in [-0.15, -0.1) is 0 Å². The standard InChI is InChI=1S/C13H13N3O4/c17-10(8-2-5-20-7-8)16-13(3-1-4-13)12-14-6-9(15-12)11(18)19/h2,5-7H,1,3-4H2,(H,14,15)(H,16,17)(H,18,19). The van der Waals surface area contributed by atoms with Gasteiger partial charge in [0, 0.05) is 0 Å². The average Bonchev–Trinajstić information content (AvgIpc) is 3.03. The monoisotopic (exact) mass is 275 g/mol. The number of hydrogen-bond donors (Lipinski definition) is 3. The van der Waals surface area contributed by atoms with Gasteiger partial charge >= 0.3 is 5.97 Å². The number of hydrogen-bond acceptors (Lipinski definition) is 4. The minimum Gasteiger partial charge on any atom is -0.477 e. The third kappa shape index (κ3) is 1.97. The molecule has 1 saturated carbocycles. The summed E-state index contributed by atoms with van der Waals surface area (Å²) in [7, 11) is 0. The molecule has 0 atom stereocenters. The number of imidazole rings is 1. The Bertz CT molecular complexity index is 640. The molecule has 3 N–H and O–H groups in total. The molecular formula is C13H13N3O4. The minimum atomic E-state index is -1.07. The topological polar surface area (TPSA) is 108 Å². The van der Waals surface area contributed by atoms with Crippen LogP contribution in [-0.4, -0.2) is 27.0 Å². The van der Waals surface area contributed by atoms with Crippen molar-refractivity contribution in [3.05, 3.63) is 41.9 Å². The number of carboxylic acids is 1. The van der Waals surface area contributed by atoms with Crippen molar-refractivity contribution in [3.63, 3.8) is 0 Å². The summed E-state index contributed by atoms with van der Waals surface area (Å²) in [5.74, 6) is -0.843.